The third-order valence-corrected chi connectivity index (χ3v) is 3.59. The number of nitro benzene ring substituents is 1. The molecule has 9 nitrogen and oxygen atoms in total. The Hall–Kier alpha value is -3.75. The largest absolute Gasteiger partial charge is 0.497 e. The topological polar surface area (TPSA) is 135 Å². The van der Waals surface area contributed by atoms with E-state index in [1.165, 1.54) is 13.2 Å². The normalized spacial score (nSPS) is 10.6. The molecule has 0 amide bonds. The lowest BCUT2D eigenvalue weighted by Gasteiger charge is -2.07. The maximum atomic E-state index is 11.7. The Labute approximate surface area is 139 Å². The molecule has 0 spiro atoms. The number of carbonyl (C=O) groups is 1. The minimum atomic E-state index is -1.48. The third-order valence-electron chi connectivity index (χ3n) is 3.59. The average Bonchev–Trinajstić information content (AvgIpc) is 2.59. The van der Waals surface area contributed by atoms with Crippen LogP contribution in [-0.2, 0) is 0 Å². The molecule has 1 aromatic heterocycles. The number of carboxylic acid groups (broad SMARTS) is 1. The van der Waals surface area contributed by atoms with E-state index in [-0.39, 0.29) is 22.3 Å². The van der Waals surface area contributed by atoms with Crippen molar-refractivity contribution >= 4 is 22.7 Å². The van der Waals surface area contributed by atoms with E-state index in [1.54, 1.807) is 24.3 Å². The van der Waals surface area contributed by atoms with Gasteiger partial charge < -0.3 is 14.8 Å². The number of hydrogen-bond acceptors (Lipinski definition) is 6. The second-order valence-electron chi connectivity index (χ2n) is 5.10. The van der Waals surface area contributed by atoms with Crippen LogP contribution in [0.15, 0.2) is 41.2 Å². The first-order valence-electron chi connectivity index (χ1n) is 7.01. The van der Waals surface area contributed by atoms with Crippen LogP contribution in [0, 0.1) is 10.1 Å². The summed E-state index contributed by atoms with van der Waals surface area (Å²) in [4.78, 5) is 39.7. The van der Waals surface area contributed by atoms with Crippen LogP contribution in [-0.4, -0.2) is 33.1 Å². The Bertz CT molecular complexity index is 1070. The van der Waals surface area contributed by atoms with E-state index in [0.29, 0.717) is 11.3 Å². The number of methoxy groups -OCH3 is 1. The zero-order valence-corrected chi connectivity index (χ0v) is 12.8. The summed E-state index contributed by atoms with van der Waals surface area (Å²) in [5, 5.41) is 20.4. The molecular weight excluding hydrogens is 330 g/mol. The maximum Gasteiger partial charge on any atom is 0.360 e. The van der Waals surface area contributed by atoms with E-state index in [9.17, 15) is 19.7 Å². The van der Waals surface area contributed by atoms with Crippen LogP contribution in [0.3, 0.4) is 0 Å². The maximum absolute atomic E-state index is 11.7. The van der Waals surface area contributed by atoms with E-state index in [2.05, 4.69) is 9.97 Å². The van der Waals surface area contributed by atoms with Crippen molar-refractivity contribution in [1.29, 1.82) is 0 Å². The highest BCUT2D eigenvalue weighted by Crippen LogP contribution is 2.34. The number of nitrogens with zero attached hydrogens (tertiary/aromatic N) is 2. The quantitative estimate of drug-likeness (QED) is 0.548. The van der Waals surface area contributed by atoms with E-state index in [0.717, 1.165) is 6.07 Å². The van der Waals surface area contributed by atoms with Crippen molar-refractivity contribution in [3.05, 3.63) is 62.6 Å². The summed E-state index contributed by atoms with van der Waals surface area (Å²) in [6, 6.07) is 9.15. The molecule has 3 aromatic rings. The molecule has 0 saturated heterocycles. The number of carboxylic acids is 1. The molecular formula is C16H11N3O6. The Morgan fingerprint density at radius 2 is 2.08 bits per heavy atom. The number of H-pyrrole nitrogens is 1. The van der Waals surface area contributed by atoms with Gasteiger partial charge in [0.15, 0.2) is 0 Å². The van der Waals surface area contributed by atoms with Gasteiger partial charge in [-0.1, -0.05) is 12.1 Å². The first kappa shape index (κ1) is 16.1. The van der Waals surface area contributed by atoms with Gasteiger partial charge in [0.05, 0.1) is 28.6 Å². The lowest BCUT2D eigenvalue weighted by Crippen LogP contribution is -2.19. The Morgan fingerprint density at radius 3 is 2.72 bits per heavy atom. The van der Waals surface area contributed by atoms with Gasteiger partial charge in [-0.3, -0.25) is 14.9 Å². The fourth-order valence-electron chi connectivity index (χ4n) is 2.44. The molecule has 2 N–H and O–H groups in total. The molecule has 0 aliphatic carbocycles. The number of aromatic nitrogens is 2. The molecule has 0 fully saturated rings. The highest BCUT2D eigenvalue weighted by molar-refractivity contribution is 5.91. The molecule has 0 radical (unpaired) electrons. The van der Waals surface area contributed by atoms with Crippen molar-refractivity contribution in [3.63, 3.8) is 0 Å². The summed E-state index contributed by atoms with van der Waals surface area (Å²) >= 11 is 0. The highest BCUT2D eigenvalue weighted by Gasteiger charge is 2.20. The monoisotopic (exact) mass is 341 g/mol. The molecule has 25 heavy (non-hydrogen) atoms. The molecule has 3 rings (SSSR count). The van der Waals surface area contributed by atoms with Gasteiger partial charge in [-0.05, 0) is 23.8 Å². The fourth-order valence-corrected chi connectivity index (χ4v) is 2.44. The number of benzene rings is 2. The zero-order chi connectivity index (χ0) is 18.1. The number of nitro groups is 1. The number of aromatic carboxylic acids is 1. The zero-order valence-electron chi connectivity index (χ0n) is 12.8. The lowest BCUT2D eigenvalue weighted by atomic mass is 10.0. The van der Waals surface area contributed by atoms with Crippen LogP contribution in [0.2, 0.25) is 0 Å². The van der Waals surface area contributed by atoms with Crippen molar-refractivity contribution in [2.45, 2.75) is 0 Å². The highest BCUT2D eigenvalue weighted by atomic mass is 16.6. The van der Waals surface area contributed by atoms with Gasteiger partial charge in [-0.15, -0.1) is 0 Å². The van der Waals surface area contributed by atoms with Gasteiger partial charge >= 0.3 is 5.97 Å². The summed E-state index contributed by atoms with van der Waals surface area (Å²) in [6.45, 7) is 0. The van der Waals surface area contributed by atoms with Crippen molar-refractivity contribution in [2.24, 2.45) is 0 Å². The van der Waals surface area contributed by atoms with E-state index in [1.807, 2.05) is 0 Å². The molecule has 0 saturated carbocycles. The molecule has 2 aromatic carbocycles. The molecule has 0 unspecified atom stereocenters. The Balaban J connectivity index is 2.34. The Kier molecular flexibility index (Phi) is 3.89. The van der Waals surface area contributed by atoms with Crippen LogP contribution in [0.1, 0.15) is 10.5 Å². The minimum absolute atomic E-state index is 0.0772. The van der Waals surface area contributed by atoms with E-state index >= 15 is 0 Å². The summed E-state index contributed by atoms with van der Waals surface area (Å²) in [6.07, 6.45) is 0. The summed E-state index contributed by atoms with van der Waals surface area (Å²) < 4.78 is 5.12. The molecule has 0 bridgehead atoms. The lowest BCUT2D eigenvalue weighted by molar-refractivity contribution is -0.384. The molecule has 1 heterocycles. The van der Waals surface area contributed by atoms with Gasteiger partial charge in [0.2, 0.25) is 5.69 Å². The van der Waals surface area contributed by atoms with Crippen molar-refractivity contribution < 1.29 is 19.6 Å². The first-order chi connectivity index (χ1) is 11.9. The fraction of sp³-hybridized carbons (Fsp3) is 0.0625. The Morgan fingerprint density at radius 1 is 1.32 bits per heavy atom. The van der Waals surface area contributed by atoms with Gasteiger partial charge in [-0.25, -0.2) is 9.78 Å². The number of aromatic amines is 1. The van der Waals surface area contributed by atoms with Gasteiger partial charge in [-0.2, -0.15) is 0 Å². The first-order valence-corrected chi connectivity index (χ1v) is 7.01. The predicted molar refractivity (Wildman–Crippen MR) is 88.0 cm³/mol. The van der Waals surface area contributed by atoms with Gasteiger partial charge in [0.1, 0.15) is 5.75 Å². The van der Waals surface area contributed by atoms with Crippen LogP contribution >= 0.6 is 0 Å². The van der Waals surface area contributed by atoms with E-state index < -0.39 is 22.1 Å². The smallest absolute Gasteiger partial charge is 0.360 e. The van der Waals surface area contributed by atoms with E-state index in [4.69, 9.17) is 9.84 Å². The molecule has 0 aliphatic rings. The molecule has 9 heteroatoms. The van der Waals surface area contributed by atoms with Gasteiger partial charge in [0, 0.05) is 6.07 Å². The summed E-state index contributed by atoms with van der Waals surface area (Å²) in [5.41, 5.74) is -0.929. The molecule has 0 aliphatic heterocycles. The van der Waals surface area contributed by atoms with Gasteiger partial charge in [0.25, 0.3) is 11.2 Å². The average molecular weight is 341 g/mol. The van der Waals surface area contributed by atoms with Crippen molar-refractivity contribution in [1.82, 2.24) is 9.97 Å². The molecule has 0 atom stereocenters. The number of rotatable bonds is 4. The van der Waals surface area contributed by atoms with Crippen LogP contribution in [0.5, 0.6) is 5.75 Å². The standard InChI is InChI=1S/C16H11N3O6/c1-25-9-4-2-3-8(5-9)10-6-11-12(7-13(10)19(23)24)18-15(20)14(17-11)16(21)22/h2-7H,1H3,(H,18,20)(H,21,22). The van der Waals surface area contributed by atoms with Crippen molar-refractivity contribution in [3.8, 4) is 16.9 Å². The summed E-state index contributed by atoms with van der Waals surface area (Å²) in [5.74, 6) is -0.975. The predicted octanol–water partition coefficient (Wildman–Crippen LogP) is 2.21. The SMILES string of the molecule is COc1cccc(-c2cc3nc(C(=O)O)c(=O)[nH]c3cc2[N+](=O)[O-])c1. The van der Waals surface area contributed by atoms with Crippen molar-refractivity contribution in [2.75, 3.05) is 7.11 Å². The number of hydrogen-bond donors (Lipinski definition) is 2. The van der Waals surface area contributed by atoms with Crippen LogP contribution in [0.25, 0.3) is 22.2 Å². The van der Waals surface area contributed by atoms with Crippen LogP contribution < -0.4 is 10.3 Å². The number of nitrogens with one attached hydrogen (secondary N) is 1. The number of fused-ring (bicyclic) bond motifs is 1. The second-order valence-corrected chi connectivity index (χ2v) is 5.10. The van der Waals surface area contributed by atoms with Crippen LogP contribution in [0.4, 0.5) is 5.69 Å². The third kappa shape index (κ3) is 2.90. The molecule has 126 valence electrons. The summed E-state index contributed by atoms with van der Waals surface area (Å²) in [7, 11) is 1.47. The minimum Gasteiger partial charge on any atom is -0.497 e. The second kappa shape index (κ2) is 6.04. The number of ether oxygens (including phenoxy) is 1.